The Morgan fingerprint density at radius 3 is 2.89 bits per heavy atom. The average molecular weight is 147 g/mol. The molecule has 2 atom stereocenters. The number of aliphatic hydroxyl groups excluding tert-OH is 1. The Bertz CT molecular complexity index is 131. The van der Waals surface area contributed by atoms with Crippen molar-refractivity contribution in [3.63, 3.8) is 0 Å². The average Bonchev–Trinajstić information content (AvgIpc) is 1.83. The normalized spacial score (nSPS) is 36.1. The molecule has 1 N–H and O–H groups in total. The van der Waals surface area contributed by atoms with E-state index >= 15 is 0 Å². The van der Waals surface area contributed by atoms with Crippen LogP contribution in [-0.2, 0) is 0 Å². The van der Waals surface area contributed by atoms with Crippen LogP contribution in [0.15, 0.2) is 11.1 Å². The molecule has 52 valence electrons. The molecule has 0 heterocycles. The molecular weight excluding hydrogens is 136 g/mol. The lowest BCUT2D eigenvalue weighted by atomic mass is 9.93. The van der Waals surface area contributed by atoms with E-state index in [1.54, 1.807) is 0 Å². The Kier molecular flexibility index (Phi) is 2.14. The van der Waals surface area contributed by atoms with Crippen LogP contribution >= 0.6 is 11.6 Å². The second-order valence-corrected chi connectivity index (χ2v) is 3.02. The van der Waals surface area contributed by atoms with Crippen LogP contribution in [0.3, 0.4) is 0 Å². The molecule has 0 unspecified atom stereocenters. The highest BCUT2D eigenvalue weighted by Crippen LogP contribution is 2.25. The molecule has 1 aliphatic rings. The molecule has 1 nitrogen and oxygen atoms in total. The van der Waals surface area contributed by atoms with Crippen molar-refractivity contribution in [1.82, 2.24) is 0 Å². The quantitative estimate of drug-likeness (QED) is 0.554. The number of aliphatic hydroxyl groups is 1. The molecule has 0 aromatic rings. The Labute approximate surface area is 60.3 Å². The molecule has 0 saturated heterocycles. The molecule has 0 saturated carbocycles. The molecule has 1 rings (SSSR count). The first kappa shape index (κ1) is 7.10. The second-order valence-electron chi connectivity index (χ2n) is 2.59. The molecule has 1 aliphatic carbocycles. The molecule has 0 fully saturated rings. The van der Waals surface area contributed by atoms with Gasteiger partial charge < -0.3 is 5.11 Å². The van der Waals surface area contributed by atoms with Crippen LogP contribution < -0.4 is 0 Å². The summed E-state index contributed by atoms with van der Waals surface area (Å²) in [5.74, 6) is 0.336. The maximum absolute atomic E-state index is 9.25. The van der Waals surface area contributed by atoms with Gasteiger partial charge >= 0.3 is 0 Å². The van der Waals surface area contributed by atoms with E-state index in [1.165, 1.54) is 0 Å². The smallest absolute Gasteiger partial charge is 0.0917 e. The number of halogens is 1. The zero-order valence-electron chi connectivity index (χ0n) is 5.47. The summed E-state index contributed by atoms with van der Waals surface area (Å²) in [6.45, 7) is 2.01. The minimum atomic E-state index is -0.402. The van der Waals surface area contributed by atoms with Crippen LogP contribution in [0, 0.1) is 5.92 Å². The summed E-state index contributed by atoms with van der Waals surface area (Å²) < 4.78 is 0. The van der Waals surface area contributed by atoms with Gasteiger partial charge in [-0.1, -0.05) is 24.6 Å². The molecule has 0 aromatic heterocycles. The minimum absolute atomic E-state index is 0.336. The summed E-state index contributed by atoms with van der Waals surface area (Å²) in [5.41, 5.74) is 0. The van der Waals surface area contributed by atoms with Crippen LogP contribution in [0.25, 0.3) is 0 Å². The van der Waals surface area contributed by atoms with Crippen molar-refractivity contribution >= 4 is 11.6 Å². The fraction of sp³-hybridized carbons (Fsp3) is 0.714. The molecular formula is C7H11ClO. The first-order valence-corrected chi connectivity index (χ1v) is 3.63. The van der Waals surface area contributed by atoms with E-state index < -0.39 is 6.10 Å². The van der Waals surface area contributed by atoms with E-state index in [0.717, 1.165) is 12.8 Å². The standard InChI is InChI=1S/C7H11ClO/c1-5-3-2-4-6(8)7(5)9/h4-5,7,9H,2-3H2,1H3/t5-,7-/m0/s1. The first-order chi connectivity index (χ1) is 4.22. The van der Waals surface area contributed by atoms with Crippen molar-refractivity contribution in [3.05, 3.63) is 11.1 Å². The maximum Gasteiger partial charge on any atom is 0.0917 e. The largest absolute Gasteiger partial charge is 0.387 e. The predicted octanol–water partition coefficient (Wildman–Crippen LogP) is 1.90. The van der Waals surface area contributed by atoms with E-state index in [0.29, 0.717) is 11.0 Å². The summed E-state index contributed by atoms with van der Waals surface area (Å²) in [5, 5.41) is 9.87. The number of rotatable bonds is 0. The Hall–Kier alpha value is -0.0100. The van der Waals surface area contributed by atoms with E-state index in [-0.39, 0.29) is 0 Å². The Morgan fingerprint density at radius 2 is 2.44 bits per heavy atom. The molecule has 0 bridgehead atoms. The van der Waals surface area contributed by atoms with E-state index in [9.17, 15) is 5.11 Å². The van der Waals surface area contributed by atoms with Crippen molar-refractivity contribution in [2.45, 2.75) is 25.9 Å². The van der Waals surface area contributed by atoms with Crippen molar-refractivity contribution in [2.75, 3.05) is 0 Å². The van der Waals surface area contributed by atoms with Crippen LogP contribution in [0.1, 0.15) is 19.8 Å². The molecule has 0 spiro atoms. The predicted molar refractivity (Wildman–Crippen MR) is 38.3 cm³/mol. The highest BCUT2D eigenvalue weighted by molar-refractivity contribution is 6.30. The van der Waals surface area contributed by atoms with Crippen LogP contribution in [-0.4, -0.2) is 11.2 Å². The topological polar surface area (TPSA) is 20.2 Å². The lowest BCUT2D eigenvalue weighted by molar-refractivity contribution is 0.146. The van der Waals surface area contributed by atoms with Gasteiger partial charge in [-0.2, -0.15) is 0 Å². The van der Waals surface area contributed by atoms with E-state index in [2.05, 4.69) is 0 Å². The lowest BCUT2D eigenvalue weighted by Gasteiger charge is -2.21. The van der Waals surface area contributed by atoms with E-state index in [4.69, 9.17) is 11.6 Å². The first-order valence-electron chi connectivity index (χ1n) is 3.25. The van der Waals surface area contributed by atoms with Gasteiger partial charge in [-0.05, 0) is 18.8 Å². The van der Waals surface area contributed by atoms with Crippen LogP contribution in [0.2, 0.25) is 0 Å². The zero-order chi connectivity index (χ0) is 6.85. The van der Waals surface area contributed by atoms with Gasteiger partial charge in [-0.15, -0.1) is 0 Å². The van der Waals surface area contributed by atoms with Crippen molar-refractivity contribution in [2.24, 2.45) is 5.92 Å². The third-order valence-electron chi connectivity index (χ3n) is 1.78. The summed E-state index contributed by atoms with van der Waals surface area (Å²) >= 11 is 5.67. The van der Waals surface area contributed by atoms with Gasteiger partial charge in [0.2, 0.25) is 0 Å². The maximum atomic E-state index is 9.25. The van der Waals surface area contributed by atoms with Crippen molar-refractivity contribution in [1.29, 1.82) is 0 Å². The SMILES string of the molecule is C[C@H]1CCC=C(Cl)[C@H]1O. The second kappa shape index (κ2) is 2.72. The fourth-order valence-corrected chi connectivity index (χ4v) is 1.36. The third-order valence-corrected chi connectivity index (χ3v) is 2.16. The van der Waals surface area contributed by atoms with Gasteiger partial charge in [0.1, 0.15) is 0 Å². The molecule has 2 heteroatoms. The van der Waals surface area contributed by atoms with Crippen molar-refractivity contribution in [3.8, 4) is 0 Å². The Morgan fingerprint density at radius 1 is 1.78 bits per heavy atom. The number of allylic oxidation sites excluding steroid dienone is 1. The summed E-state index contributed by atoms with van der Waals surface area (Å²) in [7, 11) is 0. The molecule has 0 radical (unpaired) electrons. The van der Waals surface area contributed by atoms with Crippen LogP contribution in [0.5, 0.6) is 0 Å². The van der Waals surface area contributed by atoms with Gasteiger partial charge in [0.15, 0.2) is 0 Å². The monoisotopic (exact) mass is 146 g/mol. The van der Waals surface area contributed by atoms with Gasteiger partial charge in [0.25, 0.3) is 0 Å². The molecule has 0 amide bonds. The highest BCUT2D eigenvalue weighted by Gasteiger charge is 2.19. The lowest BCUT2D eigenvalue weighted by Crippen LogP contribution is -2.20. The Balaban J connectivity index is 2.62. The minimum Gasteiger partial charge on any atom is -0.387 e. The van der Waals surface area contributed by atoms with Crippen molar-refractivity contribution < 1.29 is 5.11 Å². The number of hydrogen-bond acceptors (Lipinski definition) is 1. The third kappa shape index (κ3) is 1.46. The summed E-state index contributed by atoms with van der Waals surface area (Å²) in [6.07, 6.45) is 3.56. The number of hydrogen-bond donors (Lipinski definition) is 1. The van der Waals surface area contributed by atoms with Gasteiger partial charge in [0.05, 0.1) is 6.10 Å². The summed E-state index contributed by atoms with van der Waals surface area (Å²) in [4.78, 5) is 0. The fourth-order valence-electron chi connectivity index (χ4n) is 1.03. The zero-order valence-corrected chi connectivity index (χ0v) is 6.23. The highest BCUT2D eigenvalue weighted by atomic mass is 35.5. The van der Waals surface area contributed by atoms with Gasteiger partial charge in [0, 0.05) is 5.03 Å². The van der Waals surface area contributed by atoms with Gasteiger partial charge in [-0.3, -0.25) is 0 Å². The molecule has 0 aromatic carbocycles. The van der Waals surface area contributed by atoms with E-state index in [1.807, 2.05) is 13.0 Å². The molecule has 9 heavy (non-hydrogen) atoms. The van der Waals surface area contributed by atoms with Crippen LogP contribution in [0.4, 0.5) is 0 Å². The molecule has 0 aliphatic heterocycles. The van der Waals surface area contributed by atoms with Gasteiger partial charge in [-0.25, -0.2) is 0 Å². The summed E-state index contributed by atoms with van der Waals surface area (Å²) in [6, 6.07) is 0.